The molecule has 0 aliphatic carbocycles. The van der Waals surface area contributed by atoms with Gasteiger partial charge in [-0.2, -0.15) is 5.10 Å². The van der Waals surface area contributed by atoms with E-state index in [4.69, 9.17) is 11.6 Å². The number of hydrazone groups is 1. The van der Waals surface area contributed by atoms with Gasteiger partial charge in [-0.3, -0.25) is 4.79 Å². The molecule has 24 heavy (non-hydrogen) atoms. The van der Waals surface area contributed by atoms with Gasteiger partial charge in [0.2, 0.25) is 5.75 Å². The van der Waals surface area contributed by atoms with Crippen molar-refractivity contribution in [2.24, 2.45) is 5.10 Å². The second kappa shape index (κ2) is 6.38. The number of carbonyl (C=O) groups excluding carboxylic acids is 1. The van der Waals surface area contributed by atoms with Crippen LogP contribution in [-0.4, -0.2) is 27.4 Å². The maximum atomic E-state index is 12.2. The molecule has 3 aromatic rings. The van der Waals surface area contributed by atoms with Crippen LogP contribution in [0.1, 0.15) is 15.2 Å². The number of phenolic OH excluding ortho intramolecular Hbond substituents is 3. The first-order valence-electron chi connectivity index (χ1n) is 6.73. The first-order chi connectivity index (χ1) is 11.5. The van der Waals surface area contributed by atoms with Gasteiger partial charge in [0.25, 0.3) is 5.91 Å². The van der Waals surface area contributed by atoms with E-state index in [9.17, 15) is 20.1 Å². The second-order valence-electron chi connectivity index (χ2n) is 4.81. The highest BCUT2D eigenvalue weighted by Gasteiger charge is 2.16. The molecule has 1 aromatic heterocycles. The topological polar surface area (TPSA) is 102 Å². The average molecular weight is 363 g/mol. The molecule has 2 aromatic carbocycles. The van der Waals surface area contributed by atoms with Gasteiger partial charge in [0, 0.05) is 15.6 Å². The number of fused-ring (bicyclic) bond motifs is 1. The lowest BCUT2D eigenvalue weighted by atomic mass is 10.2. The number of hydrogen-bond acceptors (Lipinski definition) is 6. The van der Waals surface area contributed by atoms with Crippen LogP contribution in [0.15, 0.2) is 41.5 Å². The van der Waals surface area contributed by atoms with E-state index in [-0.39, 0.29) is 5.56 Å². The number of carbonyl (C=O) groups is 1. The van der Waals surface area contributed by atoms with Crippen LogP contribution < -0.4 is 5.43 Å². The van der Waals surface area contributed by atoms with Crippen LogP contribution in [-0.2, 0) is 0 Å². The molecule has 0 aliphatic rings. The molecule has 0 fully saturated rings. The molecular formula is C16H11ClN2O4S. The number of nitrogens with one attached hydrogen (secondary N) is 1. The third kappa shape index (κ3) is 2.86. The Balaban J connectivity index is 1.80. The number of halogens is 1. The number of benzene rings is 2. The molecule has 1 amide bonds. The van der Waals surface area contributed by atoms with Gasteiger partial charge in [-0.25, -0.2) is 5.43 Å². The summed E-state index contributed by atoms with van der Waals surface area (Å²) in [7, 11) is 0. The molecule has 0 bridgehead atoms. The molecular weight excluding hydrogens is 352 g/mol. The number of nitrogens with zero attached hydrogens (tertiary/aromatic N) is 1. The largest absolute Gasteiger partial charge is 0.504 e. The summed E-state index contributed by atoms with van der Waals surface area (Å²) in [6.07, 6.45) is 1.15. The molecule has 6 nitrogen and oxygen atoms in total. The van der Waals surface area contributed by atoms with Crippen molar-refractivity contribution < 1.29 is 20.1 Å². The van der Waals surface area contributed by atoms with Crippen molar-refractivity contribution >= 4 is 45.1 Å². The maximum absolute atomic E-state index is 12.2. The van der Waals surface area contributed by atoms with Gasteiger partial charge in [0.1, 0.15) is 4.88 Å². The second-order valence-corrected chi connectivity index (χ2v) is 6.24. The Kier molecular flexibility index (Phi) is 4.28. The Labute approximate surface area is 145 Å². The third-order valence-corrected chi connectivity index (χ3v) is 4.95. The van der Waals surface area contributed by atoms with Crippen molar-refractivity contribution in [1.29, 1.82) is 0 Å². The zero-order valence-electron chi connectivity index (χ0n) is 12.0. The zero-order chi connectivity index (χ0) is 17.3. The molecule has 0 saturated heterocycles. The van der Waals surface area contributed by atoms with Crippen LogP contribution >= 0.6 is 22.9 Å². The molecule has 1 heterocycles. The summed E-state index contributed by atoms with van der Waals surface area (Å²) in [4.78, 5) is 12.5. The van der Waals surface area contributed by atoms with E-state index in [1.807, 2.05) is 24.3 Å². The van der Waals surface area contributed by atoms with Crippen LogP contribution in [0.4, 0.5) is 0 Å². The Hall–Kier alpha value is -2.77. The summed E-state index contributed by atoms with van der Waals surface area (Å²) < 4.78 is 0.887. The Morgan fingerprint density at radius 3 is 2.62 bits per heavy atom. The van der Waals surface area contributed by atoms with Crippen molar-refractivity contribution in [3.8, 4) is 17.2 Å². The van der Waals surface area contributed by atoms with Crippen molar-refractivity contribution in [2.45, 2.75) is 0 Å². The smallest absolute Gasteiger partial charge is 0.283 e. The van der Waals surface area contributed by atoms with E-state index in [0.29, 0.717) is 9.90 Å². The van der Waals surface area contributed by atoms with Crippen LogP contribution in [0, 0.1) is 0 Å². The van der Waals surface area contributed by atoms with Crippen LogP contribution in [0.5, 0.6) is 17.2 Å². The van der Waals surface area contributed by atoms with Crippen LogP contribution in [0.2, 0.25) is 5.02 Å². The molecule has 0 unspecified atom stereocenters. The fraction of sp³-hybridized carbons (Fsp3) is 0. The Morgan fingerprint density at radius 1 is 1.12 bits per heavy atom. The molecule has 0 aliphatic heterocycles. The number of rotatable bonds is 3. The Bertz CT molecular complexity index is 968. The van der Waals surface area contributed by atoms with Gasteiger partial charge in [-0.05, 0) is 18.2 Å². The highest BCUT2D eigenvalue weighted by molar-refractivity contribution is 7.21. The lowest BCUT2D eigenvalue weighted by Crippen LogP contribution is -2.16. The molecule has 8 heteroatoms. The highest BCUT2D eigenvalue weighted by Crippen LogP contribution is 2.36. The summed E-state index contributed by atoms with van der Waals surface area (Å²) in [6.45, 7) is 0. The zero-order valence-corrected chi connectivity index (χ0v) is 13.6. The van der Waals surface area contributed by atoms with E-state index in [0.717, 1.165) is 16.3 Å². The van der Waals surface area contributed by atoms with Gasteiger partial charge >= 0.3 is 0 Å². The van der Waals surface area contributed by atoms with E-state index in [1.54, 1.807) is 0 Å². The summed E-state index contributed by atoms with van der Waals surface area (Å²) in [5.41, 5.74) is 2.44. The first kappa shape index (κ1) is 16.1. The number of hydrogen-bond donors (Lipinski definition) is 4. The summed E-state index contributed by atoms with van der Waals surface area (Å²) in [5.74, 6) is -2.13. The number of thiophene rings is 1. The lowest BCUT2D eigenvalue weighted by Gasteiger charge is -2.03. The number of aromatic hydroxyl groups is 3. The maximum Gasteiger partial charge on any atom is 0.283 e. The lowest BCUT2D eigenvalue weighted by molar-refractivity contribution is 0.0959. The molecule has 0 atom stereocenters. The summed E-state index contributed by atoms with van der Waals surface area (Å²) >= 11 is 7.45. The van der Waals surface area contributed by atoms with Crippen LogP contribution in [0.25, 0.3) is 10.1 Å². The minimum absolute atomic E-state index is 0.132. The van der Waals surface area contributed by atoms with Gasteiger partial charge < -0.3 is 15.3 Å². The number of amides is 1. The predicted molar refractivity (Wildman–Crippen MR) is 93.3 cm³/mol. The molecule has 122 valence electrons. The quantitative estimate of drug-likeness (QED) is 0.325. The van der Waals surface area contributed by atoms with Gasteiger partial charge in [0.05, 0.1) is 11.2 Å². The predicted octanol–water partition coefficient (Wildman–Crippen LogP) is 3.44. The Morgan fingerprint density at radius 2 is 1.88 bits per heavy atom. The first-order valence-corrected chi connectivity index (χ1v) is 7.93. The molecule has 0 spiro atoms. The average Bonchev–Trinajstić information content (AvgIpc) is 2.92. The molecule has 3 rings (SSSR count). The van der Waals surface area contributed by atoms with Gasteiger partial charge in [-0.1, -0.05) is 29.8 Å². The van der Waals surface area contributed by atoms with Crippen LogP contribution in [0.3, 0.4) is 0 Å². The minimum atomic E-state index is -0.655. The summed E-state index contributed by atoms with van der Waals surface area (Å²) in [6, 6.07) is 9.91. The van der Waals surface area contributed by atoms with E-state index in [2.05, 4.69) is 10.5 Å². The van der Waals surface area contributed by atoms with Crippen molar-refractivity contribution in [1.82, 2.24) is 5.43 Å². The fourth-order valence-corrected chi connectivity index (χ4v) is 3.47. The standard InChI is InChI=1S/C16H11ClN2O4S/c17-12-9-3-1-2-4-11(9)24-15(12)16(23)19-18-7-8-5-6-10(20)14(22)13(8)21/h1-7,20-22H,(H,19,23). The molecule has 0 radical (unpaired) electrons. The summed E-state index contributed by atoms with van der Waals surface area (Å²) in [5, 5.41) is 33.2. The van der Waals surface area contributed by atoms with Gasteiger partial charge in [-0.15, -0.1) is 11.3 Å². The highest BCUT2D eigenvalue weighted by atomic mass is 35.5. The van der Waals surface area contributed by atoms with E-state index in [1.165, 1.54) is 23.5 Å². The third-order valence-electron chi connectivity index (χ3n) is 3.27. The molecule has 0 saturated carbocycles. The molecule has 4 N–H and O–H groups in total. The van der Waals surface area contributed by atoms with E-state index < -0.39 is 23.2 Å². The van der Waals surface area contributed by atoms with Gasteiger partial charge in [0.15, 0.2) is 11.5 Å². The van der Waals surface area contributed by atoms with Crippen molar-refractivity contribution in [2.75, 3.05) is 0 Å². The normalized spacial score (nSPS) is 11.2. The van der Waals surface area contributed by atoms with Crippen molar-refractivity contribution in [3.05, 3.63) is 51.9 Å². The van der Waals surface area contributed by atoms with Crippen molar-refractivity contribution in [3.63, 3.8) is 0 Å². The monoisotopic (exact) mass is 362 g/mol. The SMILES string of the molecule is O=C(NN=Cc1ccc(O)c(O)c1O)c1sc2ccccc2c1Cl. The minimum Gasteiger partial charge on any atom is -0.504 e. The van der Waals surface area contributed by atoms with E-state index >= 15 is 0 Å². The fourth-order valence-electron chi connectivity index (χ4n) is 2.06. The number of phenols is 3.